The number of hydrogen-bond donors (Lipinski definition) is 2. The summed E-state index contributed by atoms with van der Waals surface area (Å²) in [5.74, 6) is 0. The molecule has 0 aliphatic heterocycles. The van der Waals surface area contributed by atoms with Gasteiger partial charge in [-0.3, -0.25) is 9.81 Å². The summed E-state index contributed by atoms with van der Waals surface area (Å²) in [6.07, 6.45) is 1.61. The van der Waals surface area contributed by atoms with Crippen molar-refractivity contribution in [3.05, 3.63) is 65.9 Å². The van der Waals surface area contributed by atoms with Gasteiger partial charge in [-0.05, 0) is 24.3 Å². The average Bonchev–Trinajstić information content (AvgIpc) is 2.55. The van der Waals surface area contributed by atoms with Crippen LogP contribution in [-0.4, -0.2) is 17.8 Å². The third-order valence-corrected chi connectivity index (χ3v) is 5.18. The number of fused-ring (bicyclic) bond motifs is 1. The fraction of sp³-hybridized carbons (Fsp3) is 0.0667. The van der Waals surface area contributed by atoms with Crippen molar-refractivity contribution in [3.8, 4) is 0 Å². The molecule has 0 amide bonds. The highest BCUT2D eigenvalue weighted by atomic mass is 32.2. The summed E-state index contributed by atoms with van der Waals surface area (Å²) in [6, 6.07) is 13.2. The minimum Gasteiger partial charge on any atom is -0.325 e. The van der Waals surface area contributed by atoms with E-state index in [4.69, 9.17) is 11.1 Å². The largest absolute Gasteiger partial charge is 0.325 e. The maximum absolute atomic E-state index is 12.8. The molecule has 0 unspecified atom stereocenters. The molecule has 0 bridgehead atoms. The van der Waals surface area contributed by atoms with E-state index in [1.165, 1.54) is 16.5 Å². The summed E-state index contributed by atoms with van der Waals surface area (Å²) in [6.45, 7) is -0.0569. The van der Waals surface area contributed by atoms with Crippen molar-refractivity contribution < 1.29 is 8.42 Å². The van der Waals surface area contributed by atoms with Crippen LogP contribution >= 0.6 is 0 Å². The molecule has 0 aliphatic rings. The van der Waals surface area contributed by atoms with Gasteiger partial charge in [-0.1, -0.05) is 24.3 Å². The summed E-state index contributed by atoms with van der Waals surface area (Å²) in [5.41, 5.74) is 6.20. The number of nitrogens with one attached hydrogen (secondary N) is 1. The van der Waals surface area contributed by atoms with E-state index in [1.807, 2.05) is 0 Å². The molecule has 2 aromatic heterocycles. The van der Waals surface area contributed by atoms with E-state index < -0.39 is 9.84 Å². The van der Waals surface area contributed by atoms with Gasteiger partial charge >= 0.3 is 0 Å². The molecule has 22 heavy (non-hydrogen) atoms. The first-order valence-electron chi connectivity index (χ1n) is 6.61. The van der Waals surface area contributed by atoms with Crippen LogP contribution < -0.4 is 11.2 Å². The number of aromatic nitrogens is 2. The van der Waals surface area contributed by atoms with Crippen molar-refractivity contribution in [2.75, 3.05) is 0 Å². The van der Waals surface area contributed by atoms with Crippen LogP contribution in [0.4, 0.5) is 0 Å². The van der Waals surface area contributed by atoms with E-state index in [0.29, 0.717) is 5.65 Å². The Morgan fingerprint density at radius 2 is 1.77 bits per heavy atom. The van der Waals surface area contributed by atoms with Crippen LogP contribution in [0.5, 0.6) is 0 Å². The molecule has 0 spiro atoms. The second-order valence-electron chi connectivity index (χ2n) is 4.69. The molecule has 7 heteroatoms. The Balaban J connectivity index is 2.40. The van der Waals surface area contributed by atoms with E-state index in [-0.39, 0.29) is 27.5 Å². The maximum Gasteiger partial charge on any atom is 0.212 e. The van der Waals surface area contributed by atoms with Crippen LogP contribution in [0, 0.1) is 5.41 Å². The molecule has 3 aromatic rings. The normalized spacial score (nSPS) is 11.7. The van der Waals surface area contributed by atoms with E-state index in [0.717, 1.165) is 0 Å². The van der Waals surface area contributed by atoms with Crippen LogP contribution in [0.15, 0.2) is 64.5 Å². The fourth-order valence-electron chi connectivity index (χ4n) is 2.29. The van der Waals surface area contributed by atoms with E-state index in [9.17, 15) is 8.42 Å². The topological polar surface area (TPSA) is 101 Å². The van der Waals surface area contributed by atoms with Crippen molar-refractivity contribution in [3.63, 3.8) is 0 Å². The average molecular weight is 314 g/mol. The highest BCUT2D eigenvalue weighted by Crippen LogP contribution is 2.20. The monoisotopic (exact) mass is 314 g/mol. The van der Waals surface area contributed by atoms with Crippen molar-refractivity contribution >= 4 is 15.5 Å². The van der Waals surface area contributed by atoms with Crippen molar-refractivity contribution in [1.29, 1.82) is 5.41 Å². The standard InChI is InChI=1S/C15H14N4O2S/c16-10-12-14(22(20,21)11-6-2-1-3-7-11)15(17)19-9-5-4-8-13(19)18-12/h1-9,17H,10,16H2. The van der Waals surface area contributed by atoms with Gasteiger partial charge in [0.2, 0.25) is 9.84 Å². The van der Waals surface area contributed by atoms with Gasteiger partial charge in [0, 0.05) is 12.7 Å². The lowest BCUT2D eigenvalue weighted by Crippen LogP contribution is -2.27. The first-order valence-corrected chi connectivity index (χ1v) is 8.09. The van der Waals surface area contributed by atoms with Gasteiger partial charge < -0.3 is 5.73 Å². The summed E-state index contributed by atoms with van der Waals surface area (Å²) >= 11 is 0. The molecule has 2 heterocycles. The smallest absolute Gasteiger partial charge is 0.212 e. The Bertz CT molecular complexity index is 995. The van der Waals surface area contributed by atoms with Gasteiger partial charge in [-0.2, -0.15) is 0 Å². The zero-order valence-corrected chi connectivity index (χ0v) is 12.4. The Kier molecular flexibility index (Phi) is 3.51. The second-order valence-corrected chi connectivity index (χ2v) is 6.57. The van der Waals surface area contributed by atoms with Crippen LogP contribution in [0.25, 0.3) is 5.65 Å². The Hall–Kier alpha value is -2.51. The highest BCUT2D eigenvalue weighted by molar-refractivity contribution is 7.91. The number of rotatable bonds is 3. The molecular weight excluding hydrogens is 300 g/mol. The summed E-state index contributed by atoms with van der Waals surface area (Å²) in [7, 11) is -3.85. The molecular formula is C15H14N4O2S. The Labute approximate surface area is 127 Å². The fourth-order valence-corrected chi connectivity index (χ4v) is 3.83. The summed E-state index contributed by atoms with van der Waals surface area (Å²) < 4.78 is 27.1. The lowest BCUT2D eigenvalue weighted by molar-refractivity contribution is 0.590. The minimum atomic E-state index is -3.85. The number of pyridine rings is 1. The number of hydrogen-bond acceptors (Lipinski definition) is 5. The maximum atomic E-state index is 12.8. The summed E-state index contributed by atoms with van der Waals surface area (Å²) in [5, 5.41) is 8.28. The van der Waals surface area contributed by atoms with Crippen LogP contribution in [0.1, 0.15) is 5.69 Å². The predicted octanol–water partition coefficient (Wildman–Crippen LogP) is 1.11. The number of nitrogens with zero attached hydrogens (tertiary/aromatic N) is 2. The predicted molar refractivity (Wildman–Crippen MR) is 80.8 cm³/mol. The molecule has 6 nitrogen and oxygen atoms in total. The van der Waals surface area contributed by atoms with Crippen LogP contribution in [-0.2, 0) is 16.4 Å². The first-order chi connectivity index (χ1) is 10.6. The Morgan fingerprint density at radius 1 is 1.09 bits per heavy atom. The first kappa shape index (κ1) is 14.4. The molecule has 0 saturated heterocycles. The van der Waals surface area contributed by atoms with E-state index >= 15 is 0 Å². The van der Waals surface area contributed by atoms with E-state index in [2.05, 4.69) is 4.98 Å². The lowest BCUT2D eigenvalue weighted by Gasteiger charge is -2.11. The summed E-state index contributed by atoms with van der Waals surface area (Å²) in [4.78, 5) is 4.26. The lowest BCUT2D eigenvalue weighted by atomic mass is 10.3. The third-order valence-electron chi connectivity index (χ3n) is 3.32. The third kappa shape index (κ3) is 2.20. The SMILES string of the molecule is N=c1c(S(=O)(=O)c2ccccc2)c(CN)nc2ccccn12. The molecule has 112 valence electrons. The number of sulfone groups is 1. The van der Waals surface area contributed by atoms with Crippen LogP contribution in [0.3, 0.4) is 0 Å². The quantitative estimate of drug-likeness (QED) is 0.756. The highest BCUT2D eigenvalue weighted by Gasteiger charge is 2.25. The molecule has 1 aromatic carbocycles. The van der Waals surface area contributed by atoms with Crippen LogP contribution in [0.2, 0.25) is 0 Å². The van der Waals surface area contributed by atoms with Crippen molar-refractivity contribution in [2.45, 2.75) is 16.3 Å². The van der Waals surface area contributed by atoms with Gasteiger partial charge in [0.1, 0.15) is 10.5 Å². The molecule has 0 fully saturated rings. The van der Waals surface area contributed by atoms with E-state index in [1.54, 1.807) is 42.6 Å². The second kappa shape index (κ2) is 5.36. The zero-order chi connectivity index (χ0) is 15.7. The Morgan fingerprint density at radius 3 is 2.45 bits per heavy atom. The van der Waals surface area contributed by atoms with Gasteiger partial charge in [0.15, 0.2) is 5.49 Å². The van der Waals surface area contributed by atoms with Crippen molar-refractivity contribution in [2.24, 2.45) is 5.73 Å². The molecule has 0 aliphatic carbocycles. The zero-order valence-electron chi connectivity index (χ0n) is 11.6. The molecule has 3 N–H and O–H groups in total. The van der Waals surface area contributed by atoms with Crippen molar-refractivity contribution in [1.82, 2.24) is 9.38 Å². The van der Waals surface area contributed by atoms with Gasteiger partial charge in [0.25, 0.3) is 0 Å². The van der Waals surface area contributed by atoms with Gasteiger partial charge in [-0.15, -0.1) is 0 Å². The molecule has 3 rings (SSSR count). The number of nitrogens with two attached hydrogens (primary N) is 1. The minimum absolute atomic E-state index is 0.0569. The molecule has 0 radical (unpaired) electrons. The number of benzene rings is 1. The molecule has 0 atom stereocenters. The van der Waals surface area contributed by atoms with Gasteiger partial charge in [0.05, 0.1) is 10.6 Å². The van der Waals surface area contributed by atoms with Gasteiger partial charge in [-0.25, -0.2) is 13.4 Å². The molecule has 0 saturated carbocycles.